The maximum Gasteiger partial charge on any atom is 0.151 e. The fourth-order valence-electron chi connectivity index (χ4n) is 2.65. The van der Waals surface area contributed by atoms with Gasteiger partial charge in [-0.05, 0) is 43.4 Å². The molecule has 1 fully saturated rings. The van der Waals surface area contributed by atoms with Gasteiger partial charge in [0.2, 0.25) is 0 Å². The van der Waals surface area contributed by atoms with Gasteiger partial charge in [-0.15, -0.1) is 0 Å². The average Bonchev–Trinajstić information content (AvgIpc) is 2.61. The van der Waals surface area contributed by atoms with Crippen LogP contribution in [0.4, 0.5) is 0 Å². The van der Waals surface area contributed by atoms with Crippen LogP contribution in [0.15, 0.2) is 18.2 Å². The van der Waals surface area contributed by atoms with E-state index in [1.165, 1.54) is 0 Å². The quantitative estimate of drug-likeness (QED) is 0.821. The predicted molar refractivity (Wildman–Crippen MR) is 70.9 cm³/mol. The van der Waals surface area contributed by atoms with Gasteiger partial charge in [0.15, 0.2) is 9.84 Å². The van der Waals surface area contributed by atoms with E-state index in [1.54, 1.807) is 0 Å². The zero-order valence-corrected chi connectivity index (χ0v) is 11.5. The van der Waals surface area contributed by atoms with Gasteiger partial charge < -0.3 is 0 Å². The molecule has 0 saturated carbocycles. The fourth-order valence-corrected chi connectivity index (χ4v) is 4.65. The molecule has 0 aliphatic carbocycles. The minimum absolute atomic E-state index is 0.00424. The number of nitrogens with zero attached hydrogens (tertiary/aromatic N) is 1. The Bertz CT molecular complexity index is 593. The van der Waals surface area contributed by atoms with E-state index < -0.39 is 15.3 Å². The number of hydrogen-bond acceptors (Lipinski definition) is 3. The lowest BCUT2D eigenvalue weighted by Crippen LogP contribution is -2.24. The molecule has 1 aliphatic rings. The molecule has 0 bridgehead atoms. The summed E-state index contributed by atoms with van der Waals surface area (Å²) in [7, 11) is -3.03. The largest absolute Gasteiger partial charge is 0.229 e. The Hall–Kier alpha value is -1.34. The molecule has 2 rings (SSSR count). The first kappa shape index (κ1) is 13.1. The highest BCUT2D eigenvalue weighted by molar-refractivity contribution is 7.91. The SMILES string of the molecule is Cc1cccc(C)c1CC1(C#N)CCS(=O)(=O)C1. The van der Waals surface area contributed by atoms with Crippen molar-refractivity contribution in [2.45, 2.75) is 26.7 Å². The standard InChI is InChI=1S/C14H17NO2S/c1-11-4-3-5-12(2)13(11)8-14(9-15)6-7-18(16,17)10-14/h3-5H,6-8,10H2,1-2H3. The van der Waals surface area contributed by atoms with Crippen LogP contribution in [-0.4, -0.2) is 19.9 Å². The summed E-state index contributed by atoms with van der Waals surface area (Å²) in [5, 5.41) is 9.38. The van der Waals surface area contributed by atoms with E-state index in [9.17, 15) is 13.7 Å². The molecule has 1 atom stereocenters. The van der Waals surface area contributed by atoms with Crippen molar-refractivity contribution in [1.82, 2.24) is 0 Å². The van der Waals surface area contributed by atoms with E-state index in [2.05, 4.69) is 6.07 Å². The second-order valence-corrected chi connectivity index (χ2v) is 7.47. The van der Waals surface area contributed by atoms with Gasteiger partial charge in [0.1, 0.15) is 0 Å². The first-order valence-electron chi connectivity index (χ1n) is 6.04. The van der Waals surface area contributed by atoms with Crippen molar-refractivity contribution in [3.8, 4) is 6.07 Å². The first-order chi connectivity index (χ1) is 8.37. The molecule has 1 aromatic rings. The third-order valence-electron chi connectivity index (χ3n) is 3.78. The lowest BCUT2D eigenvalue weighted by atomic mass is 9.80. The van der Waals surface area contributed by atoms with Crippen LogP contribution in [0.2, 0.25) is 0 Å². The zero-order chi connectivity index (χ0) is 13.4. The van der Waals surface area contributed by atoms with Crippen molar-refractivity contribution < 1.29 is 8.42 Å². The van der Waals surface area contributed by atoms with Crippen LogP contribution in [-0.2, 0) is 16.3 Å². The number of hydrogen-bond donors (Lipinski definition) is 0. The minimum Gasteiger partial charge on any atom is -0.229 e. The third kappa shape index (κ3) is 2.41. The highest BCUT2D eigenvalue weighted by Gasteiger charge is 2.43. The van der Waals surface area contributed by atoms with Gasteiger partial charge in [0.25, 0.3) is 0 Å². The monoisotopic (exact) mass is 263 g/mol. The van der Waals surface area contributed by atoms with Gasteiger partial charge in [0, 0.05) is 0 Å². The molecule has 0 amide bonds. The number of rotatable bonds is 2. The van der Waals surface area contributed by atoms with Crippen molar-refractivity contribution in [1.29, 1.82) is 5.26 Å². The molecular formula is C14H17NO2S. The van der Waals surface area contributed by atoms with Gasteiger partial charge in [0.05, 0.1) is 23.0 Å². The molecule has 3 nitrogen and oxygen atoms in total. The summed E-state index contributed by atoms with van der Waals surface area (Å²) in [4.78, 5) is 0. The van der Waals surface area contributed by atoms with E-state index in [-0.39, 0.29) is 11.5 Å². The topological polar surface area (TPSA) is 57.9 Å². The maximum atomic E-state index is 11.6. The van der Waals surface area contributed by atoms with Gasteiger partial charge in [-0.3, -0.25) is 0 Å². The summed E-state index contributed by atoms with van der Waals surface area (Å²) in [5.74, 6) is 0.149. The highest BCUT2D eigenvalue weighted by atomic mass is 32.2. The Morgan fingerprint density at radius 3 is 2.39 bits per heavy atom. The Labute approximate surface area is 108 Å². The van der Waals surface area contributed by atoms with E-state index in [4.69, 9.17) is 0 Å². The molecule has 1 saturated heterocycles. The smallest absolute Gasteiger partial charge is 0.151 e. The fraction of sp³-hybridized carbons (Fsp3) is 0.500. The zero-order valence-electron chi connectivity index (χ0n) is 10.7. The lowest BCUT2D eigenvalue weighted by Gasteiger charge is -2.21. The highest BCUT2D eigenvalue weighted by Crippen LogP contribution is 2.36. The van der Waals surface area contributed by atoms with Crippen LogP contribution >= 0.6 is 0 Å². The third-order valence-corrected chi connectivity index (χ3v) is 5.60. The first-order valence-corrected chi connectivity index (χ1v) is 7.86. The molecule has 4 heteroatoms. The number of aryl methyl sites for hydroxylation is 2. The Balaban J connectivity index is 2.36. The van der Waals surface area contributed by atoms with E-state index in [0.29, 0.717) is 12.8 Å². The molecule has 0 spiro atoms. The van der Waals surface area contributed by atoms with Crippen molar-refractivity contribution in [3.63, 3.8) is 0 Å². The van der Waals surface area contributed by atoms with Gasteiger partial charge >= 0.3 is 0 Å². The maximum absolute atomic E-state index is 11.6. The number of sulfone groups is 1. The van der Waals surface area contributed by atoms with Crippen molar-refractivity contribution in [2.75, 3.05) is 11.5 Å². The van der Waals surface area contributed by atoms with Gasteiger partial charge in [-0.1, -0.05) is 18.2 Å². The van der Waals surface area contributed by atoms with Crippen LogP contribution in [0.3, 0.4) is 0 Å². The summed E-state index contributed by atoms with van der Waals surface area (Å²) < 4.78 is 23.2. The van der Waals surface area contributed by atoms with Crippen LogP contribution < -0.4 is 0 Å². The van der Waals surface area contributed by atoms with Crippen LogP contribution in [0.25, 0.3) is 0 Å². The lowest BCUT2D eigenvalue weighted by molar-refractivity contribution is 0.449. The molecule has 1 unspecified atom stereocenters. The molecule has 18 heavy (non-hydrogen) atoms. The molecular weight excluding hydrogens is 246 g/mol. The predicted octanol–water partition coefficient (Wildman–Crippen LogP) is 2.17. The van der Waals surface area contributed by atoms with Crippen LogP contribution in [0.1, 0.15) is 23.1 Å². The van der Waals surface area contributed by atoms with Gasteiger partial charge in [-0.25, -0.2) is 8.42 Å². The number of nitriles is 1. The van der Waals surface area contributed by atoms with E-state index in [0.717, 1.165) is 16.7 Å². The molecule has 1 aromatic carbocycles. The Morgan fingerprint density at radius 2 is 1.94 bits per heavy atom. The second-order valence-electron chi connectivity index (χ2n) is 5.28. The van der Waals surface area contributed by atoms with Crippen molar-refractivity contribution in [3.05, 3.63) is 34.9 Å². The molecule has 1 heterocycles. The van der Waals surface area contributed by atoms with E-state index in [1.807, 2.05) is 32.0 Å². The summed E-state index contributed by atoms with van der Waals surface area (Å²) >= 11 is 0. The Morgan fingerprint density at radius 1 is 1.33 bits per heavy atom. The van der Waals surface area contributed by atoms with Crippen LogP contribution in [0, 0.1) is 30.6 Å². The molecule has 0 radical (unpaired) electrons. The minimum atomic E-state index is -3.03. The van der Waals surface area contributed by atoms with Gasteiger partial charge in [-0.2, -0.15) is 5.26 Å². The molecule has 0 N–H and O–H groups in total. The molecule has 96 valence electrons. The Kier molecular flexibility index (Phi) is 3.20. The van der Waals surface area contributed by atoms with E-state index >= 15 is 0 Å². The summed E-state index contributed by atoms with van der Waals surface area (Å²) in [6.45, 7) is 4.02. The number of benzene rings is 1. The van der Waals surface area contributed by atoms with Crippen molar-refractivity contribution in [2.24, 2.45) is 5.41 Å². The normalized spacial score (nSPS) is 25.8. The average molecular weight is 263 g/mol. The molecule has 0 aromatic heterocycles. The summed E-state index contributed by atoms with van der Waals surface area (Å²) in [6, 6.07) is 8.26. The second kappa shape index (κ2) is 4.40. The summed E-state index contributed by atoms with van der Waals surface area (Å²) in [6.07, 6.45) is 1.00. The summed E-state index contributed by atoms with van der Waals surface area (Å²) in [5.41, 5.74) is 2.66. The van der Waals surface area contributed by atoms with Crippen LogP contribution in [0.5, 0.6) is 0 Å². The molecule has 1 aliphatic heterocycles. The van der Waals surface area contributed by atoms with Crippen molar-refractivity contribution >= 4 is 9.84 Å².